The number of amides is 2. The molecule has 2 amide bonds. The fraction of sp³-hybridized carbons (Fsp3) is 0.667. The topological polar surface area (TPSA) is 76.5 Å². The summed E-state index contributed by atoms with van der Waals surface area (Å²) < 4.78 is 6.79. The number of likely N-dealkylation sites (tertiary alicyclic amines) is 1. The molecule has 1 N–H and O–H groups in total. The number of piperidine rings is 1. The van der Waals surface area contributed by atoms with Crippen molar-refractivity contribution < 1.29 is 14.3 Å². The van der Waals surface area contributed by atoms with Gasteiger partial charge in [0.1, 0.15) is 5.82 Å². The predicted molar refractivity (Wildman–Crippen MR) is 82.5 cm³/mol. The molecule has 0 spiro atoms. The van der Waals surface area contributed by atoms with E-state index in [1.807, 2.05) is 0 Å². The molecule has 122 valence electrons. The zero-order chi connectivity index (χ0) is 15.9. The fourth-order valence-corrected chi connectivity index (χ4v) is 2.63. The van der Waals surface area contributed by atoms with Crippen molar-refractivity contribution in [1.29, 1.82) is 0 Å². The minimum absolute atomic E-state index is 0.0631. The van der Waals surface area contributed by atoms with E-state index < -0.39 is 0 Å². The Labute approximate surface area is 130 Å². The van der Waals surface area contributed by atoms with Crippen LogP contribution in [0.25, 0.3) is 0 Å². The Bertz CT molecular complexity index is 515. The van der Waals surface area contributed by atoms with Crippen molar-refractivity contribution in [1.82, 2.24) is 14.7 Å². The summed E-state index contributed by atoms with van der Waals surface area (Å²) in [6, 6.07) is 1.79. The van der Waals surface area contributed by atoms with Gasteiger partial charge in [0.05, 0.1) is 18.7 Å². The standard InChI is InChI=1S/C15H24N4O3/c1-3-9-19-13(7-8-16-19)17-14(20)12-6-5-10-18(11-12)15(21)22-4-2/h7-8,12H,3-6,9-11H2,1-2H3,(H,17,20). The Kier molecular flexibility index (Phi) is 5.80. The third kappa shape index (κ3) is 3.99. The average molecular weight is 308 g/mol. The van der Waals surface area contributed by atoms with Crippen molar-refractivity contribution in [2.24, 2.45) is 5.92 Å². The van der Waals surface area contributed by atoms with Gasteiger partial charge in [-0.05, 0) is 26.2 Å². The molecule has 0 saturated carbocycles. The van der Waals surface area contributed by atoms with Gasteiger partial charge in [0.2, 0.25) is 5.91 Å². The van der Waals surface area contributed by atoms with Crippen molar-refractivity contribution in [3.63, 3.8) is 0 Å². The summed E-state index contributed by atoms with van der Waals surface area (Å²) >= 11 is 0. The molecule has 1 saturated heterocycles. The molecule has 1 aromatic heterocycles. The lowest BCUT2D eigenvalue weighted by molar-refractivity contribution is -0.121. The molecule has 7 heteroatoms. The van der Waals surface area contributed by atoms with Gasteiger partial charge in [-0.15, -0.1) is 0 Å². The predicted octanol–water partition coefficient (Wildman–Crippen LogP) is 2.10. The third-order valence-electron chi connectivity index (χ3n) is 3.72. The molecule has 7 nitrogen and oxygen atoms in total. The van der Waals surface area contributed by atoms with Gasteiger partial charge in [-0.1, -0.05) is 6.92 Å². The number of rotatable bonds is 5. The molecule has 1 fully saturated rings. The number of nitrogens with zero attached hydrogens (tertiary/aromatic N) is 3. The molecular weight excluding hydrogens is 284 g/mol. The zero-order valence-electron chi connectivity index (χ0n) is 13.2. The minimum Gasteiger partial charge on any atom is -0.450 e. The number of carbonyl (C=O) groups is 2. The molecule has 22 heavy (non-hydrogen) atoms. The van der Waals surface area contributed by atoms with Gasteiger partial charge in [-0.2, -0.15) is 5.10 Å². The minimum atomic E-state index is -0.337. The van der Waals surface area contributed by atoms with Crippen LogP contribution >= 0.6 is 0 Å². The lowest BCUT2D eigenvalue weighted by Crippen LogP contribution is -2.44. The lowest BCUT2D eigenvalue weighted by Gasteiger charge is -2.31. The summed E-state index contributed by atoms with van der Waals surface area (Å²) in [7, 11) is 0. The van der Waals surface area contributed by atoms with E-state index >= 15 is 0 Å². The maximum atomic E-state index is 12.4. The van der Waals surface area contributed by atoms with Crippen LogP contribution < -0.4 is 5.32 Å². The molecule has 1 aliphatic heterocycles. The third-order valence-corrected chi connectivity index (χ3v) is 3.72. The number of nitrogens with one attached hydrogen (secondary N) is 1. The first-order valence-corrected chi connectivity index (χ1v) is 7.90. The van der Waals surface area contributed by atoms with Crippen molar-refractivity contribution >= 4 is 17.8 Å². The molecule has 1 aliphatic rings. The van der Waals surface area contributed by atoms with Crippen LogP contribution in [0.4, 0.5) is 10.6 Å². The molecule has 0 radical (unpaired) electrons. The zero-order valence-corrected chi connectivity index (χ0v) is 13.2. The van der Waals surface area contributed by atoms with E-state index in [0.29, 0.717) is 25.5 Å². The first kappa shape index (κ1) is 16.3. The number of aryl methyl sites for hydroxylation is 1. The summed E-state index contributed by atoms with van der Waals surface area (Å²) in [5.74, 6) is 0.440. The highest BCUT2D eigenvalue weighted by atomic mass is 16.6. The Balaban J connectivity index is 1.94. The van der Waals surface area contributed by atoms with Crippen LogP contribution in [0.5, 0.6) is 0 Å². The molecule has 2 heterocycles. The van der Waals surface area contributed by atoms with E-state index in [2.05, 4.69) is 17.3 Å². The van der Waals surface area contributed by atoms with Crippen molar-refractivity contribution in [3.05, 3.63) is 12.3 Å². The smallest absolute Gasteiger partial charge is 0.409 e. The Morgan fingerprint density at radius 3 is 3.00 bits per heavy atom. The van der Waals surface area contributed by atoms with Gasteiger partial charge in [-0.25, -0.2) is 9.48 Å². The summed E-state index contributed by atoms with van der Waals surface area (Å²) in [5, 5.41) is 7.11. The number of aromatic nitrogens is 2. The van der Waals surface area contributed by atoms with Crippen LogP contribution in [0.1, 0.15) is 33.1 Å². The van der Waals surface area contributed by atoms with E-state index in [4.69, 9.17) is 4.74 Å². The number of hydrogen-bond donors (Lipinski definition) is 1. The van der Waals surface area contributed by atoms with Gasteiger partial charge < -0.3 is 15.0 Å². The fourth-order valence-electron chi connectivity index (χ4n) is 2.63. The van der Waals surface area contributed by atoms with E-state index in [0.717, 1.165) is 25.8 Å². The quantitative estimate of drug-likeness (QED) is 0.903. The Morgan fingerprint density at radius 2 is 2.27 bits per heavy atom. The van der Waals surface area contributed by atoms with Crippen molar-refractivity contribution in [2.75, 3.05) is 25.0 Å². The van der Waals surface area contributed by atoms with Gasteiger partial charge in [0, 0.05) is 25.7 Å². The normalized spacial score (nSPS) is 18.1. The van der Waals surface area contributed by atoms with Crippen LogP contribution in [-0.2, 0) is 16.1 Å². The van der Waals surface area contributed by atoms with Gasteiger partial charge in [-0.3, -0.25) is 4.79 Å². The van der Waals surface area contributed by atoms with Crippen LogP contribution in [0, 0.1) is 5.92 Å². The van der Waals surface area contributed by atoms with E-state index in [1.54, 1.807) is 28.8 Å². The Morgan fingerprint density at radius 1 is 1.45 bits per heavy atom. The second-order valence-corrected chi connectivity index (χ2v) is 5.41. The second-order valence-electron chi connectivity index (χ2n) is 5.41. The highest BCUT2D eigenvalue weighted by Gasteiger charge is 2.29. The summed E-state index contributed by atoms with van der Waals surface area (Å²) in [6.45, 7) is 6.01. The molecule has 1 aromatic rings. The SMILES string of the molecule is CCCn1nccc1NC(=O)C1CCCN(C(=O)OCC)C1. The first-order valence-electron chi connectivity index (χ1n) is 7.90. The molecule has 0 aromatic carbocycles. The van der Waals surface area contributed by atoms with E-state index in [1.165, 1.54) is 0 Å². The summed E-state index contributed by atoms with van der Waals surface area (Å²) in [4.78, 5) is 25.8. The van der Waals surface area contributed by atoms with Crippen LogP contribution in [-0.4, -0.2) is 46.4 Å². The first-order chi connectivity index (χ1) is 10.7. The largest absolute Gasteiger partial charge is 0.450 e. The molecule has 0 aliphatic carbocycles. The molecule has 2 rings (SSSR count). The molecule has 1 unspecified atom stereocenters. The monoisotopic (exact) mass is 308 g/mol. The van der Waals surface area contributed by atoms with Crippen molar-refractivity contribution in [2.45, 2.75) is 39.7 Å². The lowest BCUT2D eigenvalue weighted by atomic mass is 9.97. The van der Waals surface area contributed by atoms with Crippen LogP contribution in [0.3, 0.4) is 0 Å². The maximum absolute atomic E-state index is 12.4. The highest BCUT2D eigenvalue weighted by molar-refractivity contribution is 5.92. The van der Waals surface area contributed by atoms with Crippen LogP contribution in [0.2, 0.25) is 0 Å². The van der Waals surface area contributed by atoms with Gasteiger partial charge in [0.25, 0.3) is 0 Å². The summed E-state index contributed by atoms with van der Waals surface area (Å²) in [5.41, 5.74) is 0. The number of hydrogen-bond acceptors (Lipinski definition) is 4. The highest BCUT2D eigenvalue weighted by Crippen LogP contribution is 2.19. The average Bonchev–Trinajstić information content (AvgIpc) is 2.95. The van der Waals surface area contributed by atoms with Gasteiger partial charge in [0.15, 0.2) is 0 Å². The summed E-state index contributed by atoms with van der Waals surface area (Å²) in [6.07, 6.45) is 3.88. The number of anilines is 1. The van der Waals surface area contributed by atoms with E-state index in [-0.39, 0.29) is 17.9 Å². The maximum Gasteiger partial charge on any atom is 0.409 e. The number of carbonyl (C=O) groups excluding carboxylic acids is 2. The van der Waals surface area contributed by atoms with Crippen LogP contribution in [0.15, 0.2) is 12.3 Å². The van der Waals surface area contributed by atoms with E-state index in [9.17, 15) is 9.59 Å². The molecule has 1 atom stereocenters. The molecular formula is C15H24N4O3. The second kappa shape index (κ2) is 7.82. The van der Waals surface area contributed by atoms with Crippen molar-refractivity contribution in [3.8, 4) is 0 Å². The van der Waals surface area contributed by atoms with Gasteiger partial charge >= 0.3 is 6.09 Å². The number of ether oxygens (including phenoxy) is 1. The molecule has 0 bridgehead atoms. The Hall–Kier alpha value is -2.05.